The summed E-state index contributed by atoms with van der Waals surface area (Å²) in [6.07, 6.45) is 1.03. The summed E-state index contributed by atoms with van der Waals surface area (Å²) >= 11 is 3.60. The van der Waals surface area contributed by atoms with Crippen LogP contribution in [0.5, 0.6) is 0 Å². The lowest BCUT2D eigenvalue weighted by Gasteiger charge is -2.53. The van der Waals surface area contributed by atoms with Gasteiger partial charge >= 0.3 is 17.8 Å². The zero-order chi connectivity index (χ0) is 36.1. The first kappa shape index (κ1) is 35.7. The van der Waals surface area contributed by atoms with Gasteiger partial charge in [-0.3, -0.25) is 14.4 Å². The minimum absolute atomic E-state index is 0.0337. The lowest BCUT2D eigenvalue weighted by Crippen LogP contribution is -2.75. The van der Waals surface area contributed by atoms with Gasteiger partial charge in [-0.05, 0) is 24.3 Å². The van der Waals surface area contributed by atoms with Crippen molar-refractivity contribution in [1.29, 1.82) is 0 Å². The number of ether oxygens (including phenoxy) is 2. The Kier molecular flexibility index (Phi) is 10.8. The molecule has 2 aromatic heterocycles. The summed E-state index contributed by atoms with van der Waals surface area (Å²) in [7, 11) is 0. The summed E-state index contributed by atoms with van der Waals surface area (Å²) in [6, 6.07) is 17.5. The SMILES string of the molecule is CSC1(C(=O)OCc2oc(=O)oc2C)CS[C@@H]2C(NC(=O)C(=NOCC(=O)OC(c3ccccc3)c3ccccc3)c3csc(N)n3)C(=O)N2C1. The quantitative estimate of drug-likeness (QED) is 0.0872. The summed E-state index contributed by atoms with van der Waals surface area (Å²) in [6.45, 7) is 0.621. The predicted molar refractivity (Wildman–Crippen MR) is 188 cm³/mol. The van der Waals surface area contributed by atoms with Crippen LogP contribution in [0.4, 0.5) is 5.13 Å². The number of rotatable bonds is 13. The molecule has 2 aliphatic heterocycles. The van der Waals surface area contributed by atoms with Crippen LogP contribution in [0.1, 0.15) is 34.4 Å². The Morgan fingerprint density at radius 3 is 2.39 bits per heavy atom. The second-order valence-corrected chi connectivity index (χ2v) is 14.5. The molecular formula is C33H31N5O10S3. The lowest BCUT2D eigenvalue weighted by molar-refractivity contribution is -0.154. The Hall–Kier alpha value is -5.07. The predicted octanol–water partition coefficient (Wildman–Crippen LogP) is 2.88. The van der Waals surface area contributed by atoms with Gasteiger partial charge < -0.3 is 39.1 Å². The maximum atomic E-state index is 13.5. The van der Waals surface area contributed by atoms with E-state index in [2.05, 4.69) is 15.5 Å². The van der Waals surface area contributed by atoms with Gasteiger partial charge in [0.05, 0.1) is 0 Å². The molecule has 15 nitrogen and oxygen atoms in total. The molecule has 0 spiro atoms. The molecule has 18 heteroatoms. The third kappa shape index (κ3) is 7.82. The Balaban J connectivity index is 1.09. The molecule has 2 aliphatic rings. The van der Waals surface area contributed by atoms with E-state index in [1.54, 1.807) is 6.26 Å². The van der Waals surface area contributed by atoms with E-state index in [1.165, 1.54) is 40.7 Å². The van der Waals surface area contributed by atoms with Crippen LogP contribution in [-0.2, 0) is 40.1 Å². The van der Waals surface area contributed by atoms with Crippen LogP contribution in [0, 0.1) is 6.92 Å². The Bertz CT molecular complexity index is 1960. The summed E-state index contributed by atoms with van der Waals surface area (Å²) in [5.41, 5.74) is 7.11. The molecule has 0 radical (unpaired) electrons. The van der Waals surface area contributed by atoms with E-state index in [9.17, 15) is 24.0 Å². The van der Waals surface area contributed by atoms with Crippen molar-refractivity contribution in [3.8, 4) is 0 Å². The molecule has 51 heavy (non-hydrogen) atoms. The highest BCUT2D eigenvalue weighted by atomic mass is 32.2. The summed E-state index contributed by atoms with van der Waals surface area (Å²) in [5.74, 6) is -2.86. The standard InChI is InChI=1S/C33H31N5O10S3/c1-18-22(47-32(43)46-18)13-44-30(42)33(49-2)16-38-28(41)25(29(38)51-17-33)36-27(40)24(21-15-50-31(34)35-21)37-45-14-23(39)48-26(19-9-5-3-6-10-19)20-11-7-4-8-12-20/h3-12,15,25-26,29H,13-14,16-17H2,1-2H3,(H2,34,35)(H,36,40)/t25?,29-,33?/m1/s1. The van der Waals surface area contributed by atoms with Crippen molar-refractivity contribution in [2.45, 2.75) is 35.8 Å². The number of amides is 2. The summed E-state index contributed by atoms with van der Waals surface area (Å²) in [4.78, 5) is 75.2. The fourth-order valence-electron chi connectivity index (χ4n) is 5.36. The first-order valence-corrected chi connectivity index (χ1v) is 18.5. The van der Waals surface area contributed by atoms with Crippen molar-refractivity contribution in [3.63, 3.8) is 0 Å². The monoisotopic (exact) mass is 753 g/mol. The number of carbonyl (C=O) groups excluding carboxylic acids is 4. The van der Waals surface area contributed by atoms with Gasteiger partial charge in [-0.1, -0.05) is 65.8 Å². The number of anilines is 1. The molecule has 2 fully saturated rings. The molecule has 0 bridgehead atoms. The molecule has 266 valence electrons. The normalized spacial score (nSPS) is 19.9. The van der Waals surface area contributed by atoms with Gasteiger partial charge in [-0.25, -0.2) is 14.6 Å². The van der Waals surface area contributed by atoms with Crippen LogP contribution in [0.2, 0.25) is 0 Å². The molecule has 2 amide bonds. The number of β-lactam (4-membered cyclic amide) rings is 1. The van der Waals surface area contributed by atoms with E-state index in [4.69, 9.17) is 28.9 Å². The second kappa shape index (κ2) is 15.4. The number of nitrogens with two attached hydrogens (primary N) is 1. The lowest BCUT2D eigenvalue weighted by atomic mass is 10.0. The number of aromatic nitrogens is 1. The van der Waals surface area contributed by atoms with E-state index in [-0.39, 0.29) is 47.0 Å². The molecular weight excluding hydrogens is 723 g/mol. The fraction of sp³-hybridized carbons (Fsp3) is 0.303. The molecule has 4 heterocycles. The number of nitrogens with zero attached hydrogens (tertiary/aromatic N) is 3. The van der Waals surface area contributed by atoms with Gasteiger partial charge in [-0.15, -0.1) is 34.9 Å². The van der Waals surface area contributed by atoms with Crippen molar-refractivity contribution in [2.24, 2.45) is 5.16 Å². The number of aryl methyl sites for hydroxylation is 1. The number of thiazole rings is 1. The van der Waals surface area contributed by atoms with E-state index in [1.807, 2.05) is 60.7 Å². The largest absolute Gasteiger partial charge is 0.519 e. The number of nitrogen functional groups attached to an aromatic ring is 1. The Morgan fingerprint density at radius 2 is 1.80 bits per heavy atom. The number of benzene rings is 2. The van der Waals surface area contributed by atoms with Crippen molar-refractivity contribution in [3.05, 3.63) is 105 Å². The number of thioether (sulfide) groups is 2. The highest BCUT2D eigenvalue weighted by molar-refractivity contribution is 8.04. The summed E-state index contributed by atoms with van der Waals surface area (Å²) < 4.78 is 19.8. The number of esters is 2. The first-order valence-electron chi connectivity index (χ1n) is 15.3. The number of hydrogen-bond acceptors (Lipinski definition) is 16. The number of hydrogen-bond donors (Lipinski definition) is 2. The van der Waals surface area contributed by atoms with Crippen LogP contribution in [-0.4, -0.2) is 80.7 Å². The van der Waals surface area contributed by atoms with Crippen LogP contribution >= 0.6 is 34.9 Å². The fourth-order valence-corrected chi connectivity index (χ4v) is 8.46. The van der Waals surface area contributed by atoms with Crippen molar-refractivity contribution >= 4 is 69.5 Å². The highest BCUT2D eigenvalue weighted by Crippen LogP contribution is 2.44. The molecule has 0 saturated carbocycles. The van der Waals surface area contributed by atoms with Crippen molar-refractivity contribution in [2.75, 3.05) is 30.9 Å². The molecule has 2 saturated heterocycles. The average molecular weight is 754 g/mol. The third-order valence-corrected chi connectivity index (χ3v) is 11.7. The van der Waals surface area contributed by atoms with Gasteiger partial charge in [0.25, 0.3) is 5.91 Å². The van der Waals surface area contributed by atoms with E-state index in [0.717, 1.165) is 22.5 Å². The Labute approximate surface area is 302 Å². The van der Waals surface area contributed by atoms with Crippen molar-refractivity contribution < 1.29 is 42.3 Å². The van der Waals surface area contributed by atoms with Gasteiger partial charge in [0, 0.05) is 17.7 Å². The number of carbonyl (C=O) groups is 4. The van der Waals surface area contributed by atoms with Crippen LogP contribution in [0.25, 0.3) is 0 Å². The van der Waals surface area contributed by atoms with Crippen LogP contribution < -0.4 is 16.9 Å². The molecule has 2 aromatic carbocycles. The summed E-state index contributed by atoms with van der Waals surface area (Å²) in [5, 5.41) is 7.78. The van der Waals surface area contributed by atoms with Gasteiger partial charge in [0.15, 0.2) is 35.1 Å². The zero-order valence-electron chi connectivity index (χ0n) is 27.1. The Morgan fingerprint density at radius 1 is 1.12 bits per heavy atom. The van der Waals surface area contributed by atoms with Crippen molar-refractivity contribution in [1.82, 2.24) is 15.2 Å². The van der Waals surface area contributed by atoms with E-state index < -0.39 is 58.4 Å². The molecule has 2 unspecified atom stereocenters. The minimum atomic E-state index is -1.10. The van der Waals surface area contributed by atoms with Gasteiger partial charge in [-0.2, -0.15) is 0 Å². The maximum absolute atomic E-state index is 13.5. The van der Waals surface area contributed by atoms with Gasteiger partial charge in [0.1, 0.15) is 21.9 Å². The van der Waals surface area contributed by atoms with Gasteiger partial charge in [0.2, 0.25) is 12.5 Å². The van der Waals surface area contributed by atoms with Crippen LogP contribution in [0.15, 0.2) is 84.8 Å². The topological polar surface area (TPSA) is 206 Å². The second-order valence-electron chi connectivity index (χ2n) is 11.3. The molecule has 0 aliphatic carbocycles. The van der Waals surface area contributed by atoms with E-state index in [0.29, 0.717) is 0 Å². The molecule has 3 N–H and O–H groups in total. The van der Waals surface area contributed by atoms with E-state index >= 15 is 0 Å². The highest BCUT2D eigenvalue weighted by Gasteiger charge is 2.58. The molecule has 4 aromatic rings. The molecule has 6 rings (SSSR count). The smallest absolute Gasteiger partial charge is 0.456 e. The number of fused-ring (bicyclic) bond motifs is 1. The van der Waals surface area contributed by atoms with Crippen LogP contribution in [0.3, 0.4) is 0 Å². The number of oxime groups is 1. The zero-order valence-corrected chi connectivity index (χ0v) is 29.6. The minimum Gasteiger partial charge on any atom is -0.456 e. The first-order chi connectivity index (χ1) is 24.6. The molecule has 3 atom stereocenters. The third-order valence-electron chi connectivity index (χ3n) is 8.05. The maximum Gasteiger partial charge on any atom is 0.519 e. The number of nitrogens with one attached hydrogen (secondary N) is 1. The average Bonchev–Trinajstić information content (AvgIpc) is 3.72.